The largest absolute Gasteiger partial charge is 0.494 e. The van der Waals surface area contributed by atoms with Gasteiger partial charge in [-0.15, -0.1) is 12.4 Å². The predicted molar refractivity (Wildman–Crippen MR) is 82.6 cm³/mol. The Bertz CT molecular complexity index is 369. The van der Waals surface area contributed by atoms with Crippen LogP contribution in [0.4, 0.5) is 4.39 Å². The second-order valence-electron chi connectivity index (χ2n) is 4.78. The Morgan fingerprint density at radius 2 is 1.90 bits per heavy atom. The topological polar surface area (TPSA) is 24.5 Å². The van der Waals surface area contributed by atoms with E-state index in [0.29, 0.717) is 13.0 Å². The van der Waals surface area contributed by atoms with Gasteiger partial charge in [-0.2, -0.15) is 0 Å². The SMILES string of the molecule is CCOc1ccc([C@@H](CCF)N2CCNCC2)cc1.Cl. The minimum atomic E-state index is -0.276. The third-order valence-corrected chi connectivity index (χ3v) is 3.55. The number of rotatable bonds is 6. The van der Waals surface area contributed by atoms with Gasteiger partial charge in [-0.25, -0.2) is 0 Å². The number of halogens is 2. The van der Waals surface area contributed by atoms with E-state index >= 15 is 0 Å². The second kappa shape index (κ2) is 9.16. The van der Waals surface area contributed by atoms with Crippen molar-refractivity contribution < 1.29 is 9.13 Å². The third-order valence-electron chi connectivity index (χ3n) is 3.55. The van der Waals surface area contributed by atoms with Crippen LogP contribution in [0.5, 0.6) is 5.75 Å². The molecule has 0 unspecified atom stereocenters. The minimum Gasteiger partial charge on any atom is -0.494 e. The summed E-state index contributed by atoms with van der Waals surface area (Å²) in [4.78, 5) is 2.37. The van der Waals surface area contributed by atoms with Gasteiger partial charge >= 0.3 is 0 Å². The molecule has 0 amide bonds. The number of nitrogens with zero attached hydrogens (tertiary/aromatic N) is 1. The van der Waals surface area contributed by atoms with Crippen LogP contribution in [0.3, 0.4) is 0 Å². The summed E-state index contributed by atoms with van der Waals surface area (Å²) in [6.07, 6.45) is 0.563. The first-order valence-electron chi connectivity index (χ1n) is 7.08. The van der Waals surface area contributed by atoms with Gasteiger partial charge in [-0.3, -0.25) is 9.29 Å². The molecular formula is C15H24ClFN2O. The Labute approximate surface area is 126 Å². The number of hydrogen-bond acceptors (Lipinski definition) is 3. The zero-order valence-corrected chi connectivity index (χ0v) is 12.8. The van der Waals surface area contributed by atoms with E-state index in [4.69, 9.17) is 4.74 Å². The van der Waals surface area contributed by atoms with Gasteiger partial charge in [0.05, 0.1) is 13.3 Å². The molecule has 1 aliphatic rings. The van der Waals surface area contributed by atoms with Gasteiger partial charge in [0.15, 0.2) is 0 Å². The lowest BCUT2D eigenvalue weighted by Crippen LogP contribution is -2.45. The molecule has 1 heterocycles. The molecule has 0 saturated carbocycles. The van der Waals surface area contributed by atoms with Crippen molar-refractivity contribution in [3.63, 3.8) is 0 Å². The molecule has 5 heteroatoms. The summed E-state index contributed by atoms with van der Waals surface area (Å²) in [6, 6.07) is 8.27. The van der Waals surface area contributed by atoms with Crippen molar-refractivity contribution >= 4 is 12.4 Å². The monoisotopic (exact) mass is 302 g/mol. The summed E-state index contributed by atoms with van der Waals surface area (Å²) < 4.78 is 18.3. The molecule has 3 nitrogen and oxygen atoms in total. The highest BCUT2D eigenvalue weighted by Gasteiger charge is 2.21. The molecule has 0 radical (unpaired) electrons. The van der Waals surface area contributed by atoms with Crippen LogP contribution < -0.4 is 10.1 Å². The van der Waals surface area contributed by atoms with E-state index in [1.165, 1.54) is 5.56 Å². The maximum atomic E-state index is 12.8. The quantitative estimate of drug-likeness (QED) is 0.874. The van der Waals surface area contributed by atoms with Crippen molar-refractivity contribution in [1.29, 1.82) is 0 Å². The summed E-state index contributed by atoms with van der Waals surface area (Å²) in [6.45, 7) is 6.31. The van der Waals surface area contributed by atoms with E-state index in [-0.39, 0.29) is 25.1 Å². The van der Waals surface area contributed by atoms with Crippen molar-refractivity contribution in [2.75, 3.05) is 39.5 Å². The summed E-state index contributed by atoms with van der Waals surface area (Å²) >= 11 is 0. The highest BCUT2D eigenvalue weighted by molar-refractivity contribution is 5.85. The van der Waals surface area contributed by atoms with E-state index in [0.717, 1.165) is 31.9 Å². The van der Waals surface area contributed by atoms with E-state index < -0.39 is 0 Å². The Morgan fingerprint density at radius 1 is 1.25 bits per heavy atom. The smallest absolute Gasteiger partial charge is 0.119 e. The molecule has 1 N–H and O–H groups in total. The highest BCUT2D eigenvalue weighted by Crippen LogP contribution is 2.26. The molecule has 114 valence electrons. The molecule has 1 atom stereocenters. The van der Waals surface area contributed by atoms with Crippen molar-refractivity contribution in [3.8, 4) is 5.75 Å². The standard InChI is InChI=1S/C15H23FN2O.ClH/c1-2-19-14-5-3-13(4-6-14)15(7-8-16)18-11-9-17-10-12-18;/h3-6,15,17H,2,7-12H2,1H3;1H/t15-;/m1./s1. The number of alkyl halides is 1. The normalized spacial score (nSPS) is 17.3. The van der Waals surface area contributed by atoms with Crippen LogP contribution in [0.1, 0.15) is 24.9 Å². The minimum absolute atomic E-state index is 0. The molecule has 1 aromatic carbocycles. The zero-order chi connectivity index (χ0) is 13.5. The fourth-order valence-corrected chi connectivity index (χ4v) is 2.61. The average molecular weight is 303 g/mol. The van der Waals surface area contributed by atoms with Gasteiger partial charge in [-0.1, -0.05) is 12.1 Å². The third kappa shape index (κ3) is 4.62. The Kier molecular flexibility index (Phi) is 7.88. The van der Waals surface area contributed by atoms with E-state index in [1.54, 1.807) is 0 Å². The van der Waals surface area contributed by atoms with Crippen LogP contribution in [0.15, 0.2) is 24.3 Å². The first-order chi connectivity index (χ1) is 9.35. The van der Waals surface area contributed by atoms with E-state index in [9.17, 15) is 4.39 Å². The predicted octanol–water partition coefficient (Wildman–Crippen LogP) is 2.81. The number of nitrogens with one attached hydrogen (secondary N) is 1. The Balaban J connectivity index is 0.00000200. The lowest BCUT2D eigenvalue weighted by atomic mass is 10.0. The Morgan fingerprint density at radius 3 is 2.45 bits per heavy atom. The molecule has 0 aliphatic carbocycles. The van der Waals surface area contributed by atoms with Gasteiger partial charge in [-0.05, 0) is 31.0 Å². The summed E-state index contributed by atoms with van der Waals surface area (Å²) in [7, 11) is 0. The van der Waals surface area contributed by atoms with Crippen LogP contribution >= 0.6 is 12.4 Å². The average Bonchev–Trinajstić information content (AvgIpc) is 2.47. The van der Waals surface area contributed by atoms with Gasteiger partial charge in [0.25, 0.3) is 0 Å². The lowest BCUT2D eigenvalue weighted by molar-refractivity contribution is 0.157. The van der Waals surface area contributed by atoms with Gasteiger partial charge in [0.2, 0.25) is 0 Å². The van der Waals surface area contributed by atoms with Crippen LogP contribution in [-0.2, 0) is 0 Å². The summed E-state index contributed by atoms with van der Waals surface area (Å²) in [5.74, 6) is 0.880. The molecular weight excluding hydrogens is 279 g/mol. The van der Waals surface area contributed by atoms with Gasteiger partial charge in [0.1, 0.15) is 5.75 Å². The molecule has 1 saturated heterocycles. The molecule has 1 aromatic rings. The first-order valence-corrected chi connectivity index (χ1v) is 7.08. The van der Waals surface area contributed by atoms with Crippen molar-refractivity contribution in [1.82, 2.24) is 10.2 Å². The van der Waals surface area contributed by atoms with Crippen LogP contribution in [0.2, 0.25) is 0 Å². The maximum Gasteiger partial charge on any atom is 0.119 e. The zero-order valence-electron chi connectivity index (χ0n) is 12.0. The van der Waals surface area contributed by atoms with Gasteiger partial charge in [0, 0.05) is 32.2 Å². The number of hydrogen-bond donors (Lipinski definition) is 1. The lowest BCUT2D eigenvalue weighted by Gasteiger charge is -2.35. The number of benzene rings is 1. The van der Waals surface area contributed by atoms with Crippen molar-refractivity contribution in [2.45, 2.75) is 19.4 Å². The summed E-state index contributed by atoms with van der Waals surface area (Å²) in [5, 5.41) is 3.33. The van der Waals surface area contributed by atoms with Crippen LogP contribution in [-0.4, -0.2) is 44.4 Å². The van der Waals surface area contributed by atoms with E-state index in [1.807, 2.05) is 19.1 Å². The fourth-order valence-electron chi connectivity index (χ4n) is 2.61. The van der Waals surface area contributed by atoms with Crippen LogP contribution in [0, 0.1) is 0 Å². The molecule has 1 aliphatic heterocycles. The van der Waals surface area contributed by atoms with Crippen LogP contribution in [0.25, 0.3) is 0 Å². The molecule has 0 aromatic heterocycles. The van der Waals surface area contributed by atoms with Crippen molar-refractivity contribution in [3.05, 3.63) is 29.8 Å². The Hall–Kier alpha value is -0.840. The van der Waals surface area contributed by atoms with Crippen molar-refractivity contribution in [2.24, 2.45) is 0 Å². The van der Waals surface area contributed by atoms with Gasteiger partial charge < -0.3 is 10.1 Å². The number of piperazine rings is 1. The summed E-state index contributed by atoms with van der Waals surface area (Å²) in [5.41, 5.74) is 1.18. The second-order valence-corrected chi connectivity index (χ2v) is 4.78. The molecule has 2 rings (SSSR count). The molecule has 0 spiro atoms. The first kappa shape index (κ1) is 17.2. The number of ether oxygens (including phenoxy) is 1. The molecule has 0 bridgehead atoms. The van der Waals surface area contributed by atoms with E-state index in [2.05, 4.69) is 22.3 Å². The molecule has 20 heavy (non-hydrogen) atoms. The highest BCUT2D eigenvalue weighted by atomic mass is 35.5. The fraction of sp³-hybridized carbons (Fsp3) is 0.600. The maximum absolute atomic E-state index is 12.8. The molecule has 1 fully saturated rings.